The molecule has 1 amide bonds. The highest BCUT2D eigenvalue weighted by Gasteiger charge is 2.32. The van der Waals surface area contributed by atoms with Gasteiger partial charge >= 0.3 is 5.97 Å². The summed E-state index contributed by atoms with van der Waals surface area (Å²) < 4.78 is 22.6. The van der Waals surface area contributed by atoms with Crippen molar-refractivity contribution in [2.45, 2.75) is 57.7 Å². The molecule has 0 saturated heterocycles. The van der Waals surface area contributed by atoms with Gasteiger partial charge in [0.15, 0.2) is 9.84 Å². The second-order valence-electron chi connectivity index (χ2n) is 5.47. The van der Waals surface area contributed by atoms with Crippen LogP contribution < -0.4 is 5.32 Å². The summed E-state index contributed by atoms with van der Waals surface area (Å²) in [7, 11) is -3.59. The molecule has 0 heterocycles. The van der Waals surface area contributed by atoms with Crippen molar-refractivity contribution in [3.63, 3.8) is 0 Å². The molecule has 0 saturated carbocycles. The lowest BCUT2D eigenvalue weighted by Gasteiger charge is -2.20. The summed E-state index contributed by atoms with van der Waals surface area (Å²) in [6.45, 7) is 6.41. The summed E-state index contributed by atoms with van der Waals surface area (Å²) in [5.41, 5.74) is 0. The fourth-order valence-corrected chi connectivity index (χ4v) is 2.15. The van der Waals surface area contributed by atoms with Crippen molar-refractivity contribution in [1.29, 1.82) is 0 Å². The van der Waals surface area contributed by atoms with Crippen LogP contribution in [0.25, 0.3) is 0 Å². The molecule has 6 nitrogen and oxygen atoms in total. The average Bonchev–Trinajstić information content (AvgIpc) is 2.21. The summed E-state index contributed by atoms with van der Waals surface area (Å²) >= 11 is 0. The Labute approximate surface area is 114 Å². The molecule has 0 fully saturated rings. The lowest BCUT2D eigenvalue weighted by Crippen LogP contribution is -2.45. The summed E-state index contributed by atoms with van der Waals surface area (Å²) in [5.74, 6) is -2.60. The minimum absolute atomic E-state index is 0.299. The molecule has 0 aliphatic heterocycles. The first kappa shape index (κ1) is 17.9. The highest BCUT2D eigenvalue weighted by Crippen LogP contribution is 2.15. The number of hydrogen-bond acceptors (Lipinski definition) is 4. The predicted octanol–water partition coefficient (Wildman–Crippen LogP) is 0.959. The SMILES string of the molecule is CCCCC(NC(=O)CS(=O)(=O)C(C)(C)C)C(=O)O. The van der Waals surface area contributed by atoms with E-state index in [2.05, 4.69) is 5.32 Å². The second kappa shape index (κ2) is 6.88. The largest absolute Gasteiger partial charge is 0.480 e. The van der Waals surface area contributed by atoms with Gasteiger partial charge in [-0.3, -0.25) is 4.79 Å². The van der Waals surface area contributed by atoms with E-state index in [0.29, 0.717) is 12.8 Å². The van der Waals surface area contributed by atoms with Gasteiger partial charge in [-0.1, -0.05) is 19.8 Å². The number of hydrogen-bond donors (Lipinski definition) is 2. The van der Waals surface area contributed by atoms with E-state index < -0.39 is 38.3 Å². The van der Waals surface area contributed by atoms with Gasteiger partial charge in [0.05, 0.1) is 4.75 Å². The summed E-state index contributed by atoms with van der Waals surface area (Å²) in [5, 5.41) is 11.2. The first-order valence-corrected chi connectivity index (χ1v) is 7.91. The summed E-state index contributed by atoms with van der Waals surface area (Å²) in [6.07, 6.45) is 1.76. The molecule has 0 spiro atoms. The lowest BCUT2D eigenvalue weighted by atomic mass is 10.1. The van der Waals surface area contributed by atoms with E-state index in [0.717, 1.165) is 6.42 Å². The Hall–Kier alpha value is -1.11. The maximum atomic E-state index is 11.8. The Kier molecular flexibility index (Phi) is 6.48. The number of carbonyl (C=O) groups excluding carboxylic acids is 1. The van der Waals surface area contributed by atoms with Crippen LogP contribution in [0.15, 0.2) is 0 Å². The van der Waals surface area contributed by atoms with Crippen molar-refractivity contribution in [2.75, 3.05) is 5.75 Å². The quantitative estimate of drug-likeness (QED) is 0.728. The number of carbonyl (C=O) groups is 2. The van der Waals surface area contributed by atoms with Crippen LogP contribution in [0.5, 0.6) is 0 Å². The highest BCUT2D eigenvalue weighted by molar-refractivity contribution is 7.93. The highest BCUT2D eigenvalue weighted by atomic mass is 32.2. The standard InChI is InChI=1S/C12H23NO5S/c1-5-6-7-9(11(15)16)13-10(14)8-19(17,18)12(2,3)4/h9H,5-8H2,1-4H3,(H,13,14)(H,15,16). The Bertz CT molecular complexity index is 422. The third kappa shape index (κ3) is 6.04. The van der Waals surface area contributed by atoms with Crippen molar-refractivity contribution in [3.8, 4) is 0 Å². The molecule has 0 aliphatic rings. The molecule has 7 heteroatoms. The summed E-state index contributed by atoms with van der Waals surface area (Å²) in [6, 6.07) is -1.03. The van der Waals surface area contributed by atoms with E-state index in [1.54, 1.807) is 0 Å². The predicted molar refractivity (Wildman–Crippen MR) is 72.6 cm³/mol. The average molecular weight is 293 g/mol. The van der Waals surface area contributed by atoms with Gasteiger partial charge in [-0.05, 0) is 27.2 Å². The fraction of sp³-hybridized carbons (Fsp3) is 0.833. The second-order valence-corrected chi connectivity index (χ2v) is 8.21. The number of amides is 1. The van der Waals surface area contributed by atoms with Gasteiger partial charge in [0.1, 0.15) is 11.8 Å². The van der Waals surface area contributed by atoms with Gasteiger partial charge in [-0.15, -0.1) is 0 Å². The van der Waals surface area contributed by atoms with E-state index in [1.807, 2.05) is 6.92 Å². The Morgan fingerprint density at radius 1 is 1.26 bits per heavy atom. The molecule has 0 aromatic carbocycles. The molecule has 0 aromatic rings. The molecule has 1 atom stereocenters. The van der Waals surface area contributed by atoms with Gasteiger partial charge < -0.3 is 10.4 Å². The van der Waals surface area contributed by atoms with Crippen molar-refractivity contribution in [2.24, 2.45) is 0 Å². The van der Waals surface area contributed by atoms with Crippen molar-refractivity contribution in [1.82, 2.24) is 5.32 Å². The van der Waals surface area contributed by atoms with Crippen LogP contribution >= 0.6 is 0 Å². The molecule has 0 rings (SSSR count). The Morgan fingerprint density at radius 2 is 1.79 bits per heavy atom. The third-order valence-electron chi connectivity index (χ3n) is 2.73. The van der Waals surface area contributed by atoms with Gasteiger partial charge in [-0.2, -0.15) is 0 Å². The van der Waals surface area contributed by atoms with Crippen LogP contribution in [0, 0.1) is 0 Å². The summed E-state index contributed by atoms with van der Waals surface area (Å²) in [4.78, 5) is 22.6. The van der Waals surface area contributed by atoms with E-state index in [1.165, 1.54) is 20.8 Å². The van der Waals surface area contributed by atoms with Crippen LogP contribution in [0.1, 0.15) is 47.0 Å². The van der Waals surface area contributed by atoms with Crippen molar-refractivity contribution >= 4 is 21.7 Å². The molecule has 0 radical (unpaired) electrons. The molecular formula is C12H23NO5S. The van der Waals surface area contributed by atoms with Gasteiger partial charge in [0, 0.05) is 0 Å². The smallest absolute Gasteiger partial charge is 0.326 e. The van der Waals surface area contributed by atoms with Crippen LogP contribution in [-0.4, -0.2) is 41.9 Å². The zero-order chi connectivity index (χ0) is 15.3. The minimum atomic E-state index is -3.59. The van der Waals surface area contributed by atoms with Gasteiger partial charge in [0.25, 0.3) is 0 Å². The van der Waals surface area contributed by atoms with E-state index in [-0.39, 0.29) is 0 Å². The first-order chi connectivity index (χ1) is 8.51. The maximum absolute atomic E-state index is 11.8. The minimum Gasteiger partial charge on any atom is -0.480 e. The number of sulfone groups is 1. The fourth-order valence-electron chi connectivity index (χ4n) is 1.29. The Morgan fingerprint density at radius 3 is 2.16 bits per heavy atom. The number of carboxylic acid groups (broad SMARTS) is 1. The van der Waals surface area contributed by atoms with Crippen LogP contribution in [-0.2, 0) is 19.4 Å². The molecule has 0 aromatic heterocycles. The number of aliphatic carboxylic acids is 1. The molecule has 1 unspecified atom stereocenters. The van der Waals surface area contributed by atoms with E-state index in [4.69, 9.17) is 5.11 Å². The number of unbranched alkanes of at least 4 members (excludes halogenated alkanes) is 1. The Balaban J connectivity index is 4.64. The normalized spacial score (nSPS) is 13.9. The molecule has 2 N–H and O–H groups in total. The first-order valence-electron chi connectivity index (χ1n) is 6.25. The third-order valence-corrected chi connectivity index (χ3v) is 5.24. The molecule has 112 valence electrons. The zero-order valence-electron chi connectivity index (χ0n) is 11.9. The maximum Gasteiger partial charge on any atom is 0.326 e. The van der Waals surface area contributed by atoms with E-state index in [9.17, 15) is 18.0 Å². The number of rotatable bonds is 7. The lowest BCUT2D eigenvalue weighted by molar-refractivity contribution is -0.141. The van der Waals surface area contributed by atoms with Crippen LogP contribution in [0.3, 0.4) is 0 Å². The topological polar surface area (TPSA) is 101 Å². The van der Waals surface area contributed by atoms with Crippen LogP contribution in [0.2, 0.25) is 0 Å². The molecule has 0 bridgehead atoms. The number of nitrogens with one attached hydrogen (secondary N) is 1. The van der Waals surface area contributed by atoms with Crippen molar-refractivity contribution < 1.29 is 23.1 Å². The van der Waals surface area contributed by atoms with Gasteiger partial charge in [0.2, 0.25) is 5.91 Å². The van der Waals surface area contributed by atoms with Crippen molar-refractivity contribution in [3.05, 3.63) is 0 Å². The molecular weight excluding hydrogens is 270 g/mol. The van der Waals surface area contributed by atoms with Crippen LogP contribution in [0.4, 0.5) is 0 Å². The zero-order valence-corrected chi connectivity index (χ0v) is 12.7. The van der Waals surface area contributed by atoms with E-state index >= 15 is 0 Å². The number of carboxylic acids is 1. The molecule has 19 heavy (non-hydrogen) atoms. The monoisotopic (exact) mass is 293 g/mol. The molecule has 0 aliphatic carbocycles. The van der Waals surface area contributed by atoms with Gasteiger partial charge in [-0.25, -0.2) is 13.2 Å².